The van der Waals surface area contributed by atoms with Gasteiger partial charge in [-0.1, -0.05) is 12.1 Å². The van der Waals surface area contributed by atoms with E-state index >= 15 is 0 Å². The van der Waals surface area contributed by atoms with E-state index in [1.165, 1.54) is 18.2 Å². The number of carbonyl (C=O) groups is 1. The first kappa shape index (κ1) is 12.2. The van der Waals surface area contributed by atoms with Gasteiger partial charge in [-0.2, -0.15) is 4.31 Å². The molecular formula is C11H12FNO3S. The number of rotatable bonds is 2. The lowest BCUT2D eigenvalue weighted by atomic mass is 10.1. The molecule has 1 heterocycles. The van der Waals surface area contributed by atoms with E-state index < -0.39 is 15.8 Å². The van der Waals surface area contributed by atoms with Crippen molar-refractivity contribution in [2.75, 3.05) is 13.1 Å². The lowest BCUT2D eigenvalue weighted by Gasteiger charge is -2.25. The molecule has 0 radical (unpaired) electrons. The van der Waals surface area contributed by atoms with Crippen LogP contribution in [-0.4, -0.2) is 31.6 Å². The predicted molar refractivity (Wildman–Crippen MR) is 59.4 cm³/mol. The Labute approximate surface area is 99.1 Å². The first-order chi connectivity index (χ1) is 8.01. The zero-order valence-electron chi connectivity index (χ0n) is 9.10. The molecule has 0 atom stereocenters. The fourth-order valence-corrected chi connectivity index (χ4v) is 3.28. The third-order valence-corrected chi connectivity index (χ3v) is 4.67. The quantitative estimate of drug-likeness (QED) is 0.799. The van der Waals surface area contributed by atoms with Gasteiger partial charge in [-0.15, -0.1) is 0 Å². The van der Waals surface area contributed by atoms with E-state index in [9.17, 15) is 17.6 Å². The maximum Gasteiger partial charge on any atom is 0.246 e. The number of hydrogen-bond acceptors (Lipinski definition) is 3. The second kappa shape index (κ2) is 4.54. The molecule has 0 unspecified atom stereocenters. The molecule has 4 nitrogen and oxygen atoms in total. The number of nitrogens with zero attached hydrogens (tertiary/aromatic N) is 1. The third-order valence-electron chi connectivity index (χ3n) is 2.73. The summed E-state index contributed by atoms with van der Waals surface area (Å²) in [5.41, 5.74) is 0. The number of piperidine rings is 1. The molecule has 0 aromatic heterocycles. The van der Waals surface area contributed by atoms with Crippen LogP contribution >= 0.6 is 0 Å². The highest BCUT2D eigenvalue weighted by Gasteiger charge is 2.30. The van der Waals surface area contributed by atoms with E-state index in [2.05, 4.69) is 0 Å². The van der Waals surface area contributed by atoms with Crippen LogP contribution in [0, 0.1) is 5.82 Å². The van der Waals surface area contributed by atoms with Gasteiger partial charge < -0.3 is 0 Å². The zero-order chi connectivity index (χ0) is 12.5. The van der Waals surface area contributed by atoms with Crippen LogP contribution in [0.3, 0.4) is 0 Å². The Morgan fingerprint density at radius 3 is 2.29 bits per heavy atom. The van der Waals surface area contributed by atoms with E-state index in [1.54, 1.807) is 0 Å². The van der Waals surface area contributed by atoms with Gasteiger partial charge in [0.25, 0.3) is 0 Å². The molecule has 0 bridgehead atoms. The van der Waals surface area contributed by atoms with Crippen LogP contribution in [0.2, 0.25) is 0 Å². The average Bonchev–Trinajstić information content (AvgIpc) is 2.30. The second-order valence-corrected chi connectivity index (χ2v) is 5.78. The molecule has 1 fully saturated rings. The Bertz CT molecular complexity index is 531. The van der Waals surface area contributed by atoms with Crippen molar-refractivity contribution in [1.29, 1.82) is 0 Å². The number of halogens is 1. The Hall–Kier alpha value is -1.27. The van der Waals surface area contributed by atoms with Gasteiger partial charge in [0.2, 0.25) is 10.0 Å². The fraction of sp³-hybridized carbons (Fsp3) is 0.364. The third kappa shape index (κ3) is 2.37. The minimum Gasteiger partial charge on any atom is -0.300 e. The van der Waals surface area contributed by atoms with Crippen LogP contribution < -0.4 is 0 Å². The molecule has 0 saturated carbocycles. The second-order valence-electron chi connectivity index (χ2n) is 3.87. The van der Waals surface area contributed by atoms with Crippen molar-refractivity contribution in [2.24, 2.45) is 0 Å². The Kier molecular flexibility index (Phi) is 3.26. The summed E-state index contributed by atoms with van der Waals surface area (Å²) in [7, 11) is -3.81. The first-order valence-electron chi connectivity index (χ1n) is 5.28. The summed E-state index contributed by atoms with van der Waals surface area (Å²) in [6.07, 6.45) is 0.404. The van der Waals surface area contributed by atoms with Crippen molar-refractivity contribution in [1.82, 2.24) is 4.31 Å². The van der Waals surface area contributed by atoms with Gasteiger partial charge in [0.05, 0.1) is 0 Å². The summed E-state index contributed by atoms with van der Waals surface area (Å²) in [4.78, 5) is 10.7. The number of carbonyl (C=O) groups excluding carboxylic acids is 1. The summed E-state index contributed by atoms with van der Waals surface area (Å²) < 4.78 is 38.8. The summed E-state index contributed by atoms with van der Waals surface area (Å²) in [6.45, 7) is 0.269. The number of Topliss-reactive ketones (excluding diaryl/α,β-unsaturated/α-hetero) is 1. The molecule has 17 heavy (non-hydrogen) atoms. The summed E-state index contributed by atoms with van der Waals surface area (Å²) >= 11 is 0. The van der Waals surface area contributed by atoms with Crippen molar-refractivity contribution in [2.45, 2.75) is 17.7 Å². The number of hydrogen-bond donors (Lipinski definition) is 0. The normalized spacial score (nSPS) is 18.3. The van der Waals surface area contributed by atoms with Crippen LogP contribution in [0.15, 0.2) is 29.2 Å². The lowest BCUT2D eigenvalue weighted by molar-refractivity contribution is -0.120. The topological polar surface area (TPSA) is 54.5 Å². The van der Waals surface area contributed by atoms with Gasteiger partial charge in [0.15, 0.2) is 0 Å². The molecular weight excluding hydrogens is 245 g/mol. The SMILES string of the molecule is O=C1CCN(S(=O)(=O)c2ccccc2F)CC1. The smallest absolute Gasteiger partial charge is 0.246 e. The molecule has 0 amide bonds. The summed E-state index contributed by atoms with van der Waals surface area (Å²) in [6, 6.07) is 5.27. The Morgan fingerprint density at radius 1 is 1.12 bits per heavy atom. The van der Waals surface area contributed by atoms with E-state index in [4.69, 9.17) is 0 Å². The average molecular weight is 257 g/mol. The molecule has 6 heteroatoms. The van der Waals surface area contributed by atoms with E-state index in [-0.39, 0.29) is 36.6 Å². The lowest BCUT2D eigenvalue weighted by Crippen LogP contribution is -2.38. The number of ketones is 1. The fourth-order valence-electron chi connectivity index (χ4n) is 1.77. The largest absolute Gasteiger partial charge is 0.300 e. The van der Waals surface area contributed by atoms with E-state index in [0.717, 1.165) is 10.4 Å². The van der Waals surface area contributed by atoms with Gasteiger partial charge in [0, 0.05) is 25.9 Å². The van der Waals surface area contributed by atoms with Crippen LogP contribution in [0.4, 0.5) is 4.39 Å². The highest BCUT2D eigenvalue weighted by atomic mass is 32.2. The van der Waals surface area contributed by atoms with Crippen molar-refractivity contribution in [3.05, 3.63) is 30.1 Å². The Morgan fingerprint density at radius 2 is 1.71 bits per heavy atom. The summed E-state index contributed by atoms with van der Waals surface area (Å²) in [5, 5.41) is 0. The van der Waals surface area contributed by atoms with Gasteiger partial charge in [-0.25, -0.2) is 12.8 Å². The minimum absolute atomic E-state index is 0.0463. The van der Waals surface area contributed by atoms with E-state index in [1.807, 2.05) is 0 Å². The highest BCUT2D eigenvalue weighted by Crippen LogP contribution is 2.21. The molecule has 1 aromatic rings. The molecule has 1 aromatic carbocycles. The molecule has 0 aliphatic carbocycles. The maximum absolute atomic E-state index is 13.4. The van der Waals surface area contributed by atoms with Crippen molar-refractivity contribution >= 4 is 15.8 Å². The van der Waals surface area contributed by atoms with Crippen LogP contribution in [-0.2, 0) is 14.8 Å². The van der Waals surface area contributed by atoms with Crippen LogP contribution in [0.1, 0.15) is 12.8 Å². The molecule has 2 rings (SSSR count). The van der Waals surface area contributed by atoms with Gasteiger partial charge in [-0.05, 0) is 12.1 Å². The molecule has 92 valence electrons. The first-order valence-corrected chi connectivity index (χ1v) is 6.72. The number of sulfonamides is 1. The molecule has 0 spiro atoms. The molecule has 1 aliphatic heterocycles. The maximum atomic E-state index is 13.4. The van der Waals surface area contributed by atoms with Crippen molar-refractivity contribution in [3.63, 3.8) is 0 Å². The van der Waals surface area contributed by atoms with E-state index in [0.29, 0.717) is 0 Å². The van der Waals surface area contributed by atoms with Crippen LogP contribution in [0.25, 0.3) is 0 Å². The van der Waals surface area contributed by atoms with Gasteiger partial charge in [0.1, 0.15) is 16.5 Å². The van der Waals surface area contributed by atoms with Crippen molar-refractivity contribution < 1.29 is 17.6 Å². The van der Waals surface area contributed by atoms with Crippen molar-refractivity contribution in [3.8, 4) is 0 Å². The highest BCUT2D eigenvalue weighted by molar-refractivity contribution is 7.89. The molecule has 0 N–H and O–H groups in total. The molecule has 1 aliphatic rings. The minimum atomic E-state index is -3.81. The monoisotopic (exact) mass is 257 g/mol. The van der Waals surface area contributed by atoms with Gasteiger partial charge >= 0.3 is 0 Å². The van der Waals surface area contributed by atoms with Gasteiger partial charge in [-0.3, -0.25) is 4.79 Å². The Balaban J connectivity index is 2.31. The molecule has 1 saturated heterocycles. The summed E-state index contributed by atoms with van der Waals surface area (Å²) in [5.74, 6) is -0.714. The zero-order valence-corrected chi connectivity index (χ0v) is 9.91. The predicted octanol–water partition coefficient (Wildman–Crippen LogP) is 1.18. The number of benzene rings is 1. The standard InChI is InChI=1S/C11H12FNO3S/c12-10-3-1-2-4-11(10)17(15,16)13-7-5-9(14)6-8-13/h1-4H,5-8H2. The van der Waals surface area contributed by atoms with Crippen LogP contribution in [0.5, 0.6) is 0 Å².